The molecule has 0 fully saturated rings. The Morgan fingerprint density at radius 3 is 2.18 bits per heavy atom. The van der Waals surface area contributed by atoms with E-state index in [9.17, 15) is 0 Å². The van der Waals surface area contributed by atoms with Crippen LogP contribution in [0.25, 0.3) is 33.4 Å². The smallest absolute Gasteiger partial charge is 0.149 e. The van der Waals surface area contributed by atoms with Crippen LogP contribution < -0.4 is 0 Å². The lowest BCUT2D eigenvalue weighted by molar-refractivity contribution is 0.234. The van der Waals surface area contributed by atoms with Crippen LogP contribution in [0.2, 0.25) is 0 Å². The van der Waals surface area contributed by atoms with Crippen molar-refractivity contribution < 1.29 is 0 Å². The van der Waals surface area contributed by atoms with Crippen LogP contribution >= 0.6 is 0 Å². The van der Waals surface area contributed by atoms with Gasteiger partial charge in [-0.1, -0.05) is 166 Å². The van der Waals surface area contributed by atoms with Gasteiger partial charge in [0.2, 0.25) is 0 Å². The lowest BCUT2D eigenvalue weighted by atomic mass is 9.51. The Hall–Kier alpha value is -5.80. The first-order valence-electron chi connectivity index (χ1n) is 18.1. The van der Waals surface area contributed by atoms with Crippen LogP contribution in [0, 0.1) is 17.3 Å². The van der Waals surface area contributed by atoms with E-state index in [0.717, 1.165) is 17.0 Å². The van der Waals surface area contributed by atoms with Gasteiger partial charge in [0.05, 0.1) is 0 Å². The number of aliphatic imine (C=N–C) groups is 2. The summed E-state index contributed by atoms with van der Waals surface area (Å²) >= 11 is 0. The first-order valence-corrected chi connectivity index (χ1v) is 18.1. The minimum absolute atomic E-state index is 0.00879. The van der Waals surface area contributed by atoms with Gasteiger partial charge >= 0.3 is 0 Å². The molecule has 3 nitrogen and oxygen atoms in total. The highest BCUT2D eigenvalue weighted by Crippen LogP contribution is 2.61. The summed E-state index contributed by atoms with van der Waals surface area (Å²) in [6.07, 6.45) is 15.7. The van der Waals surface area contributed by atoms with Crippen molar-refractivity contribution in [3.63, 3.8) is 0 Å². The lowest BCUT2D eigenvalue weighted by Gasteiger charge is -2.52. The largest absolute Gasteiger partial charge is 0.333 e. The monoisotopic (exact) mass is 659 g/mol. The van der Waals surface area contributed by atoms with Crippen LogP contribution in [0.5, 0.6) is 0 Å². The number of rotatable bonds is 5. The highest BCUT2D eigenvalue weighted by molar-refractivity contribution is 6.04. The van der Waals surface area contributed by atoms with E-state index in [2.05, 4.69) is 190 Å². The number of nitrogens with zero attached hydrogens (tertiary/aromatic N) is 3. The standard InChI is InChI=1S/C48H41N3/c1-32-38(26-27-43-41-23-9-10-24-42(41)44-25-11-12-28-48(44,2)45(32)43)40-22-8-7-21-39(40)35-18-14-20-37(30-35)47-50-31-49-46(51(47)3)36-19-13-17-34(29-36)33-15-5-4-6-16-33/h4-32,44-46H,1-3H3. The van der Waals surface area contributed by atoms with E-state index in [1.807, 2.05) is 0 Å². The zero-order chi connectivity index (χ0) is 34.5. The molecule has 1 aliphatic heterocycles. The van der Waals surface area contributed by atoms with E-state index < -0.39 is 0 Å². The Bertz CT molecular complexity index is 2340. The maximum absolute atomic E-state index is 4.83. The van der Waals surface area contributed by atoms with Crippen molar-refractivity contribution in [1.29, 1.82) is 0 Å². The third-order valence-electron chi connectivity index (χ3n) is 11.6. The summed E-state index contributed by atoms with van der Waals surface area (Å²) in [4.78, 5) is 11.8. The Kier molecular flexibility index (Phi) is 7.65. The molecule has 51 heavy (non-hydrogen) atoms. The van der Waals surface area contributed by atoms with Crippen molar-refractivity contribution in [2.24, 2.45) is 27.2 Å². The molecule has 1 heterocycles. The van der Waals surface area contributed by atoms with Crippen molar-refractivity contribution in [2.75, 3.05) is 7.05 Å². The second-order valence-corrected chi connectivity index (χ2v) is 14.5. The van der Waals surface area contributed by atoms with E-state index >= 15 is 0 Å². The SMILES string of the molecule is CC1C(c2ccccc2-c2cccc(C3=NC=NC(c4cccc(-c5ccccc5)c4)N3C)c2)=CC=C2c3ccccc3C3C=CC=CC3(C)C21. The van der Waals surface area contributed by atoms with E-state index in [0.29, 0.717) is 17.8 Å². The quantitative estimate of drug-likeness (QED) is 0.185. The topological polar surface area (TPSA) is 28.0 Å². The first-order chi connectivity index (χ1) is 25.0. The molecule has 0 spiro atoms. The number of allylic oxidation sites excluding steroid dienone is 8. The minimum Gasteiger partial charge on any atom is -0.333 e. The van der Waals surface area contributed by atoms with Gasteiger partial charge < -0.3 is 4.90 Å². The highest BCUT2D eigenvalue weighted by atomic mass is 15.3. The minimum atomic E-state index is -0.166. The van der Waals surface area contributed by atoms with Gasteiger partial charge in [0.25, 0.3) is 0 Å². The van der Waals surface area contributed by atoms with E-state index in [1.54, 1.807) is 6.34 Å². The van der Waals surface area contributed by atoms with Crippen LogP contribution in [0.1, 0.15) is 53.7 Å². The molecular formula is C48H41N3. The molecule has 248 valence electrons. The molecule has 0 N–H and O–H groups in total. The molecule has 0 radical (unpaired) electrons. The van der Waals surface area contributed by atoms with Crippen molar-refractivity contribution in [1.82, 2.24) is 4.90 Å². The predicted molar refractivity (Wildman–Crippen MR) is 213 cm³/mol. The van der Waals surface area contributed by atoms with Gasteiger partial charge in [0, 0.05) is 29.9 Å². The second kappa shape index (κ2) is 12.5. The van der Waals surface area contributed by atoms with Gasteiger partial charge in [-0.15, -0.1) is 0 Å². The second-order valence-electron chi connectivity index (χ2n) is 14.5. The molecule has 4 aliphatic rings. The van der Waals surface area contributed by atoms with Crippen LogP contribution in [-0.2, 0) is 0 Å². The molecule has 9 rings (SSSR count). The molecule has 0 saturated heterocycles. The number of hydrogen-bond acceptors (Lipinski definition) is 3. The average molecular weight is 660 g/mol. The third-order valence-corrected chi connectivity index (χ3v) is 11.6. The van der Waals surface area contributed by atoms with Gasteiger partial charge in [-0.3, -0.25) is 0 Å². The van der Waals surface area contributed by atoms with Crippen LogP contribution in [-0.4, -0.2) is 24.1 Å². The van der Waals surface area contributed by atoms with Crippen LogP contribution in [0.15, 0.2) is 174 Å². The van der Waals surface area contributed by atoms with Crippen molar-refractivity contribution >= 4 is 23.3 Å². The Morgan fingerprint density at radius 1 is 0.627 bits per heavy atom. The summed E-state index contributed by atoms with van der Waals surface area (Å²) in [6, 6.07) is 46.0. The molecule has 3 heteroatoms. The maximum Gasteiger partial charge on any atom is 0.149 e. The fourth-order valence-electron chi connectivity index (χ4n) is 9.23. The molecule has 0 bridgehead atoms. The number of fused-ring (bicyclic) bond motifs is 6. The van der Waals surface area contributed by atoms with Crippen molar-refractivity contribution in [3.8, 4) is 22.3 Å². The molecule has 0 amide bonds. The Morgan fingerprint density at radius 2 is 1.31 bits per heavy atom. The Balaban J connectivity index is 1.06. The maximum atomic E-state index is 4.83. The predicted octanol–water partition coefficient (Wildman–Crippen LogP) is 11.4. The molecule has 0 saturated carbocycles. The normalized spacial score (nSPS) is 24.5. The van der Waals surface area contributed by atoms with E-state index in [4.69, 9.17) is 9.98 Å². The van der Waals surface area contributed by atoms with Gasteiger partial charge in [0.15, 0.2) is 0 Å². The van der Waals surface area contributed by atoms with Crippen molar-refractivity contribution in [3.05, 3.63) is 192 Å². The molecule has 5 unspecified atom stereocenters. The fraction of sp³-hybridized carbons (Fsp3) is 0.167. The number of amidine groups is 1. The molecular weight excluding hydrogens is 619 g/mol. The van der Waals surface area contributed by atoms with Crippen LogP contribution in [0.4, 0.5) is 0 Å². The van der Waals surface area contributed by atoms with Gasteiger partial charge in [-0.2, -0.15) is 0 Å². The number of benzene rings is 5. The highest BCUT2D eigenvalue weighted by Gasteiger charge is 2.50. The molecule has 5 atom stereocenters. The fourth-order valence-corrected chi connectivity index (χ4v) is 9.23. The molecule has 3 aliphatic carbocycles. The van der Waals surface area contributed by atoms with Crippen molar-refractivity contribution in [2.45, 2.75) is 25.9 Å². The van der Waals surface area contributed by atoms with Gasteiger partial charge in [-0.05, 0) is 73.7 Å². The van der Waals surface area contributed by atoms with Gasteiger partial charge in [0.1, 0.15) is 18.3 Å². The summed E-state index contributed by atoms with van der Waals surface area (Å²) < 4.78 is 0. The van der Waals surface area contributed by atoms with E-state index in [1.165, 1.54) is 50.1 Å². The Labute approximate surface area is 301 Å². The third kappa shape index (κ3) is 5.19. The first kappa shape index (κ1) is 31.2. The summed E-state index contributed by atoms with van der Waals surface area (Å²) in [5.74, 6) is 1.95. The molecule has 0 aromatic heterocycles. The molecule has 5 aromatic rings. The lowest BCUT2D eigenvalue weighted by Crippen LogP contribution is -2.42. The summed E-state index contributed by atoms with van der Waals surface area (Å²) in [6.45, 7) is 4.91. The summed E-state index contributed by atoms with van der Waals surface area (Å²) in [5.41, 5.74) is 14.0. The van der Waals surface area contributed by atoms with E-state index in [-0.39, 0.29) is 11.6 Å². The van der Waals surface area contributed by atoms with Gasteiger partial charge in [-0.25, -0.2) is 9.98 Å². The average Bonchev–Trinajstić information content (AvgIpc) is 3.18. The number of hydrogen-bond donors (Lipinski definition) is 0. The molecule has 5 aromatic carbocycles. The summed E-state index contributed by atoms with van der Waals surface area (Å²) in [5, 5.41) is 0. The summed E-state index contributed by atoms with van der Waals surface area (Å²) in [7, 11) is 2.10. The van der Waals surface area contributed by atoms with Crippen LogP contribution in [0.3, 0.4) is 0 Å². The zero-order valence-electron chi connectivity index (χ0n) is 29.3. The zero-order valence-corrected chi connectivity index (χ0v) is 29.3.